The second-order valence-electron chi connectivity index (χ2n) is 7.30. The van der Waals surface area contributed by atoms with E-state index >= 15 is 0 Å². The molecule has 3 rings (SSSR count). The van der Waals surface area contributed by atoms with Crippen molar-refractivity contribution in [3.8, 4) is 11.1 Å². The van der Waals surface area contributed by atoms with Crippen molar-refractivity contribution in [3.05, 3.63) is 59.7 Å². The van der Waals surface area contributed by atoms with Gasteiger partial charge in [0.25, 0.3) is 0 Å². The summed E-state index contributed by atoms with van der Waals surface area (Å²) in [5.74, 6) is 0.0831. The maximum absolute atomic E-state index is 12.2. The molecule has 0 aliphatic heterocycles. The smallest absolute Gasteiger partial charge is 0.407 e. The van der Waals surface area contributed by atoms with Crippen molar-refractivity contribution in [3.63, 3.8) is 0 Å². The molecule has 0 fully saturated rings. The Labute approximate surface area is 175 Å². The lowest BCUT2D eigenvalue weighted by molar-refractivity contribution is 0.142. The highest BCUT2D eigenvalue weighted by Crippen LogP contribution is 2.44. The van der Waals surface area contributed by atoms with Crippen LogP contribution in [0.5, 0.6) is 0 Å². The fourth-order valence-corrected chi connectivity index (χ4v) is 5.74. The molecular formula is C23H31NO4Si. The van der Waals surface area contributed by atoms with Crippen molar-refractivity contribution in [1.29, 1.82) is 0 Å². The first kappa shape index (κ1) is 21.6. The van der Waals surface area contributed by atoms with Gasteiger partial charge < -0.3 is 18.9 Å². The Morgan fingerprint density at radius 3 is 2.10 bits per heavy atom. The van der Waals surface area contributed by atoms with Crippen molar-refractivity contribution < 1.29 is 18.4 Å². The van der Waals surface area contributed by atoms with Crippen LogP contribution in [0.25, 0.3) is 11.1 Å². The Kier molecular flexibility index (Phi) is 7.86. The lowest BCUT2D eigenvalue weighted by Gasteiger charge is -2.21. The Hall–Kier alpha value is -2.15. The number of hydrogen-bond donors (Lipinski definition) is 1. The number of carbonyl (C=O) groups is 1. The van der Waals surface area contributed by atoms with Gasteiger partial charge in [-0.15, -0.1) is 0 Å². The number of carbonyl (C=O) groups excluding carboxylic acids is 1. The fourth-order valence-electron chi connectivity index (χ4n) is 3.89. The zero-order chi connectivity index (χ0) is 20.6. The quantitative estimate of drug-likeness (QED) is 0.579. The molecule has 1 aliphatic rings. The molecule has 2 aromatic carbocycles. The highest BCUT2D eigenvalue weighted by molar-refractivity contribution is 6.46. The zero-order valence-corrected chi connectivity index (χ0v) is 18.7. The van der Waals surface area contributed by atoms with Gasteiger partial charge in [-0.2, -0.15) is 0 Å². The molecule has 0 bridgehead atoms. The van der Waals surface area contributed by atoms with Gasteiger partial charge in [0.05, 0.1) is 0 Å². The highest BCUT2D eigenvalue weighted by Gasteiger charge is 2.29. The lowest BCUT2D eigenvalue weighted by atomic mass is 9.98. The van der Waals surface area contributed by atoms with Gasteiger partial charge in [-0.1, -0.05) is 55.5 Å². The van der Waals surface area contributed by atoms with Crippen LogP contribution in [0.3, 0.4) is 0 Å². The van der Waals surface area contributed by atoms with Crippen molar-refractivity contribution in [2.45, 2.75) is 38.7 Å². The molecule has 156 valence electrons. The molecule has 29 heavy (non-hydrogen) atoms. The summed E-state index contributed by atoms with van der Waals surface area (Å²) in [7, 11) is -1.69. The van der Waals surface area contributed by atoms with Crippen LogP contribution in [0, 0.1) is 0 Å². The van der Waals surface area contributed by atoms with E-state index in [-0.39, 0.29) is 12.0 Å². The van der Waals surface area contributed by atoms with E-state index in [2.05, 4.69) is 36.5 Å². The average molecular weight is 414 g/mol. The number of benzene rings is 2. The minimum Gasteiger partial charge on any atom is -0.449 e. The van der Waals surface area contributed by atoms with Gasteiger partial charge >= 0.3 is 15.4 Å². The molecule has 1 atom stereocenters. The predicted octanol–water partition coefficient (Wildman–Crippen LogP) is 4.60. The molecular weight excluding hydrogens is 382 g/mol. The molecule has 0 radical (unpaired) electrons. The number of alkyl carbamates (subject to hydrolysis) is 1. The highest BCUT2D eigenvalue weighted by atomic mass is 28.3. The Bertz CT molecular complexity index is 761. The van der Waals surface area contributed by atoms with Crippen molar-refractivity contribution in [1.82, 2.24) is 5.32 Å². The first-order valence-electron chi connectivity index (χ1n) is 10.5. The Morgan fingerprint density at radius 2 is 1.55 bits per heavy atom. The molecule has 0 aromatic heterocycles. The second-order valence-corrected chi connectivity index (χ2v) is 9.84. The van der Waals surface area contributed by atoms with Crippen LogP contribution in [-0.2, 0) is 13.6 Å². The first-order chi connectivity index (χ1) is 14.2. The molecule has 1 N–H and O–H groups in total. The van der Waals surface area contributed by atoms with Crippen molar-refractivity contribution in [2.24, 2.45) is 0 Å². The molecule has 0 saturated carbocycles. The van der Waals surface area contributed by atoms with Crippen LogP contribution in [0.1, 0.15) is 44.2 Å². The molecule has 1 unspecified atom stereocenters. The van der Waals surface area contributed by atoms with Gasteiger partial charge in [0.2, 0.25) is 0 Å². The van der Waals surface area contributed by atoms with Crippen LogP contribution < -0.4 is 5.32 Å². The monoisotopic (exact) mass is 413 g/mol. The number of fused-ring (bicyclic) bond motifs is 3. The standard InChI is InChI=1S/C23H31NO4Si/c1-4-27-29(28-5-2)17(3)14-15-24-23(25)26-16-22-20-12-8-6-10-18(20)19-11-7-9-13-21(19)22/h6-13,17,22,29H,4-5,14-16H2,1-3H3,(H,24,25). The summed E-state index contributed by atoms with van der Waals surface area (Å²) in [6.45, 7) is 8.33. The van der Waals surface area contributed by atoms with E-state index < -0.39 is 9.28 Å². The molecule has 0 heterocycles. The zero-order valence-electron chi connectivity index (χ0n) is 17.5. The molecule has 0 spiro atoms. The van der Waals surface area contributed by atoms with Gasteiger partial charge in [-0.25, -0.2) is 4.79 Å². The third kappa shape index (κ3) is 5.26. The SMILES string of the molecule is CCO[SiH](OCC)C(C)CCNC(=O)OCC1c2ccccc2-c2ccccc21. The third-order valence-corrected chi connectivity index (χ3v) is 7.93. The normalized spacial score (nSPS) is 13.8. The summed E-state index contributed by atoms with van der Waals surface area (Å²) >= 11 is 0. The van der Waals surface area contributed by atoms with Crippen LogP contribution in [0.4, 0.5) is 4.79 Å². The minimum absolute atomic E-state index is 0.0831. The van der Waals surface area contributed by atoms with Crippen molar-refractivity contribution >= 4 is 15.4 Å². The Balaban J connectivity index is 1.50. The summed E-state index contributed by atoms with van der Waals surface area (Å²) in [4.78, 5) is 12.2. The summed E-state index contributed by atoms with van der Waals surface area (Å²) < 4.78 is 17.1. The molecule has 1 amide bonds. The average Bonchev–Trinajstić information content (AvgIpc) is 3.06. The number of hydrogen-bond acceptors (Lipinski definition) is 4. The predicted molar refractivity (Wildman–Crippen MR) is 118 cm³/mol. The van der Waals surface area contributed by atoms with E-state index in [1.165, 1.54) is 22.3 Å². The van der Waals surface area contributed by atoms with E-state index in [4.69, 9.17) is 13.6 Å². The molecule has 2 aromatic rings. The van der Waals surface area contributed by atoms with Gasteiger partial charge in [0.15, 0.2) is 0 Å². The van der Waals surface area contributed by atoms with Gasteiger partial charge in [0, 0.05) is 25.7 Å². The summed E-state index contributed by atoms with van der Waals surface area (Å²) in [6, 6.07) is 16.7. The summed E-state index contributed by atoms with van der Waals surface area (Å²) in [5, 5.41) is 2.87. The Morgan fingerprint density at radius 1 is 1.00 bits per heavy atom. The minimum atomic E-state index is -1.69. The molecule has 1 aliphatic carbocycles. The van der Waals surface area contributed by atoms with Crippen molar-refractivity contribution in [2.75, 3.05) is 26.4 Å². The van der Waals surface area contributed by atoms with Gasteiger partial charge in [0.1, 0.15) is 6.61 Å². The van der Waals surface area contributed by atoms with E-state index in [0.717, 1.165) is 6.42 Å². The summed E-state index contributed by atoms with van der Waals surface area (Å²) in [5.41, 5.74) is 5.22. The van der Waals surface area contributed by atoms with Gasteiger partial charge in [-0.05, 0) is 48.1 Å². The van der Waals surface area contributed by atoms with E-state index in [1.54, 1.807) is 0 Å². The van der Waals surface area contributed by atoms with Crippen LogP contribution in [-0.4, -0.2) is 41.7 Å². The topological polar surface area (TPSA) is 56.8 Å². The largest absolute Gasteiger partial charge is 0.449 e. The van der Waals surface area contributed by atoms with Gasteiger partial charge in [-0.3, -0.25) is 0 Å². The molecule has 6 heteroatoms. The maximum atomic E-state index is 12.2. The number of rotatable bonds is 10. The van der Waals surface area contributed by atoms with Crippen LogP contribution in [0.15, 0.2) is 48.5 Å². The number of amides is 1. The molecule has 0 saturated heterocycles. The summed E-state index contributed by atoms with van der Waals surface area (Å²) in [6.07, 6.45) is 0.450. The third-order valence-electron chi connectivity index (χ3n) is 5.34. The maximum Gasteiger partial charge on any atom is 0.407 e. The second kappa shape index (κ2) is 10.6. The fraction of sp³-hybridized carbons (Fsp3) is 0.435. The van der Waals surface area contributed by atoms with Crippen LogP contribution >= 0.6 is 0 Å². The van der Waals surface area contributed by atoms with E-state index in [9.17, 15) is 4.79 Å². The number of nitrogens with one attached hydrogen (secondary N) is 1. The lowest BCUT2D eigenvalue weighted by Crippen LogP contribution is -2.32. The van der Waals surface area contributed by atoms with E-state index in [0.29, 0.717) is 31.9 Å². The first-order valence-corrected chi connectivity index (χ1v) is 12.1. The number of ether oxygens (including phenoxy) is 1. The van der Waals surface area contributed by atoms with Crippen LogP contribution in [0.2, 0.25) is 5.54 Å². The van der Waals surface area contributed by atoms with E-state index in [1.807, 2.05) is 38.1 Å². The molecule has 5 nitrogen and oxygen atoms in total.